The van der Waals surface area contributed by atoms with E-state index in [2.05, 4.69) is 28.9 Å². The third-order valence-corrected chi connectivity index (χ3v) is 4.06. The van der Waals surface area contributed by atoms with Crippen LogP contribution in [0.15, 0.2) is 34.2 Å². The predicted octanol–water partition coefficient (Wildman–Crippen LogP) is 0.655. The van der Waals surface area contributed by atoms with Gasteiger partial charge in [0.15, 0.2) is 5.96 Å². The summed E-state index contributed by atoms with van der Waals surface area (Å²) in [4.78, 5) is 4.43. The minimum atomic E-state index is -3.39. The van der Waals surface area contributed by atoms with Crippen molar-refractivity contribution in [3.05, 3.63) is 29.8 Å². The minimum Gasteiger partial charge on any atom is -0.370 e. The summed E-state index contributed by atoms with van der Waals surface area (Å²) in [6.07, 6.45) is 0. The number of nitrogens with zero attached hydrogens (tertiary/aromatic N) is 1. The van der Waals surface area contributed by atoms with Crippen LogP contribution in [0.1, 0.15) is 19.4 Å². The fraction of sp³-hybridized carbons (Fsp3) is 0.462. The van der Waals surface area contributed by atoms with Crippen molar-refractivity contribution < 1.29 is 8.42 Å². The van der Waals surface area contributed by atoms with Gasteiger partial charge < -0.3 is 11.1 Å². The lowest BCUT2D eigenvalue weighted by Gasteiger charge is -2.08. The highest BCUT2D eigenvalue weighted by molar-refractivity contribution is 7.89. The van der Waals surface area contributed by atoms with Crippen LogP contribution in [0.4, 0.5) is 0 Å². The Morgan fingerprint density at radius 2 is 1.90 bits per heavy atom. The van der Waals surface area contributed by atoms with Crippen LogP contribution >= 0.6 is 0 Å². The largest absolute Gasteiger partial charge is 0.370 e. The molecule has 0 aliphatic carbocycles. The summed E-state index contributed by atoms with van der Waals surface area (Å²) in [6, 6.07) is 6.55. The molecule has 0 bridgehead atoms. The summed E-state index contributed by atoms with van der Waals surface area (Å²) in [7, 11) is -2.00. The maximum absolute atomic E-state index is 11.6. The Morgan fingerprint density at radius 3 is 2.40 bits per heavy atom. The van der Waals surface area contributed by atoms with Crippen LogP contribution in [0.3, 0.4) is 0 Å². The van der Waals surface area contributed by atoms with Crippen molar-refractivity contribution in [1.29, 1.82) is 0 Å². The van der Waals surface area contributed by atoms with E-state index in [0.29, 0.717) is 18.4 Å². The molecule has 0 spiro atoms. The first-order valence-corrected chi connectivity index (χ1v) is 7.89. The van der Waals surface area contributed by atoms with E-state index < -0.39 is 10.0 Å². The molecule has 1 rings (SSSR count). The normalized spacial score (nSPS) is 12.7. The monoisotopic (exact) mass is 298 g/mol. The van der Waals surface area contributed by atoms with Crippen molar-refractivity contribution in [3.8, 4) is 0 Å². The summed E-state index contributed by atoms with van der Waals surface area (Å²) in [6.45, 7) is 5.36. The number of aliphatic imine (C=N–C) groups is 1. The topological polar surface area (TPSA) is 96.6 Å². The summed E-state index contributed by atoms with van der Waals surface area (Å²) in [5.74, 6) is 0.889. The van der Waals surface area contributed by atoms with Gasteiger partial charge in [-0.05, 0) is 30.7 Å². The van der Waals surface area contributed by atoms with Gasteiger partial charge in [-0.1, -0.05) is 26.0 Å². The molecule has 0 fully saturated rings. The third kappa shape index (κ3) is 5.18. The average Bonchev–Trinajstić information content (AvgIpc) is 2.43. The van der Waals surface area contributed by atoms with Crippen LogP contribution < -0.4 is 15.8 Å². The summed E-state index contributed by atoms with van der Waals surface area (Å²) < 4.78 is 25.4. The van der Waals surface area contributed by atoms with Crippen LogP contribution in [0.25, 0.3) is 0 Å². The highest BCUT2D eigenvalue weighted by Crippen LogP contribution is 2.10. The quantitative estimate of drug-likeness (QED) is 0.531. The first-order chi connectivity index (χ1) is 9.35. The van der Waals surface area contributed by atoms with Gasteiger partial charge in [0.25, 0.3) is 0 Å². The third-order valence-electron chi connectivity index (χ3n) is 2.63. The zero-order chi connectivity index (χ0) is 15.2. The highest BCUT2D eigenvalue weighted by atomic mass is 32.2. The molecule has 0 saturated carbocycles. The van der Waals surface area contributed by atoms with Crippen LogP contribution in [-0.4, -0.2) is 28.0 Å². The minimum absolute atomic E-state index is 0.235. The molecule has 0 amide bonds. The number of guanidine groups is 1. The van der Waals surface area contributed by atoms with Gasteiger partial charge in [0.2, 0.25) is 10.0 Å². The Hall–Kier alpha value is -1.60. The Labute approximate surface area is 120 Å². The lowest BCUT2D eigenvalue weighted by molar-refractivity contribution is 0.588. The van der Waals surface area contributed by atoms with Crippen molar-refractivity contribution in [3.63, 3.8) is 0 Å². The van der Waals surface area contributed by atoms with Crippen molar-refractivity contribution in [2.75, 3.05) is 13.6 Å². The average molecular weight is 298 g/mol. The SMILES string of the molecule is CNS(=O)(=O)c1ccc(CN=C(N)NCC(C)C)cc1. The van der Waals surface area contributed by atoms with Crippen LogP contribution in [0, 0.1) is 5.92 Å². The molecule has 0 aromatic heterocycles. The number of benzene rings is 1. The Kier molecular flexibility index (Phi) is 5.97. The number of hydrogen-bond donors (Lipinski definition) is 3. The second-order valence-corrected chi connectivity index (χ2v) is 6.71. The van der Waals surface area contributed by atoms with E-state index in [-0.39, 0.29) is 4.90 Å². The molecule has 7 heteroatoms. The maximum Gasteiger partial charge on any atom is 0.240 e. The number of rotatable bonds is 6. The lowest BCUT2D eigenvalue weighted by atomic mass is 10.2. The highest BCUT2D eigenvalue weighted by Gasteiger charge is 2.10. The molecule has 1 aromatic carbocycles. The maximum atomic E-state index is 11.6. The van der Waals surface area contributed by atoms with E-state index in [9.17, 15) is 8.42 Å². The molecular formula is C13H22N4O2S. The molecule has 112 valence electrons. The first-order valence-electron chi connectivity index (χ1n) is 6.41. The zero-order valence-corrected chi connectivity index (χ0v) is 12.9. The molecule has 1 aromatic rings. The van der Waals surface area contributed by atoms with E-state index in [1.54, 1.807) is 24.3 Å². The fourth-order valence-electron chi connectivity index (χ4n) is 1.43. The molecule has 0 aliphatic heterocycles. The van der Waals surface area contributed by atoms with E-state index in [1.165, 1.54) is 7.05 Å². The standard InChI is InChI=1S/C13H22N4O2S/c1-10(2)8-16-13(14)17-9-11-4-6-12(7-5-11)20(18,19)15-3/h4-7,10,15H,8-9H2,1-3H3,(H3,14,16,17). The molecule has 0 radical (unpaired) electrons. The molecule has 0 unspecified atom stereocenters. The van der Waals surface area contributed by atoms with Crippen molar-refractivity contribution in [2.45, 2.75) is 25.3 Å². The Morgan fingerprint density at radius 1 is 1.30 bits per heavy atom. The Bertz CT molecular complexity index is 550. The molecule has 0 heterocycles. The van der Waals surface area contributed by atoms with E-state index in [1.807, 2.05) is 0 Å². The van der Waals surface area contributed by atoms with E-state index in [4.69, 9.17) is 5.73 Å². The van der Waals surface area contributed by atoms with Gasteiger partial charge in [0, 0.05) is 6.54 Å². The van der Waals surface area contributed by atoms with Crippen molar-refractivity contribution >= 4 is 16.0 Å². The number of nitrogens with one attached hydrogen (secondary N) is 2. The fourth-order valence-corrected chi connectivity index (χ4v) is 2.16. The summed E-state index contributed by atoms with van der Waals surface area (Å²) in [5.41, 5.74) is 6.62. The van der Waals surface area contributed by atoms with Gasteiger partial charge in [-0.15, -0.1) is 0 Å². The second-order valence-electron chi connectivity index (χ2n) is 4.83. The molecule has 0 saturated heterocycles. The zero-order valence-electron chi connectivity index (χ0n) is 12.1. The van der Waals surface area contributed by atoms with Gasteiger partial charge in [-0.2, -0.15) is 0 Å². The molecular weight excluding hydrogens is 276 g/mol. The summed E-state index contributed by atoms with van der Waals surface area (Å²) >= 11 is 0. The van der Waals surface area contributed by atoms with Gasteiger partial charge in [-0.3, -0.25) is 0 Å². The predicted molar refractivity (Wildman–Crippen MR) is 80.9 cm³/mol. The molecule has 20 heavy (non-hydrogen) atoms. The first kappa shape index (κ1) is 16.5. The van der Waals surface area contributed by atoms with Crippen LogP contribution in [-0.2, 0) is 16.6 Å². The molecule has 0 atom stereocenters. The molecule has 6 nitrogen and oxygen atoms in total. The second kappa shape index (κ2) is 7.25. The van der Waals surface area contributed by atoms with Crippen molar-refractivity contribution in [1.82, 2.24) is 10.0 Å². The molecule has 4 N–H and O–H groups in total. The van der Waals surface area contributed by atoms with E-state index >= 15 is 0 Å². The van der Waals surface area contributed by atoms with Gasteiger partial charge in [-0.25, -0.2) is 18.1 Å². The number of sulfonamides is 1. The molecule has 0 aliphatic rings. The van der Waals surface area contributed by atoms with Gasteiger partial charge in [0.05, 0.1) is 11.4 Å². The van der Waals surface area contributed by atoms with Crippen molar-refractivity contribution in [2.24, 2.45) is 16.6 Å². The number of nitrogens with two attached hydrogens (primary N) is 1. The van der Waals surface area contributed by atoms with E-state index in [0.717, 1.165) is 12.1 Å². The number of hydrogen-bond acceptors (Lipinski definition) is 3. The smallest absolute Gasteiger partial charge is 0.240 e. The lowest BCUT2D eigenvalue weighted by Crippen LogP contribution is -2.34. The van der Waals surface area contributed by atoms with Gasteiger partial charge >= 0.3 is 0 Å². The van der Waals surface area contributed by atoms with Crippen LogP contribution in [0.5, 0.6) is 0 Å². The Balaban J connectivity index is 2.64. The summed E-state index contributed by atoms with van der Waals surface area (Å²) in [5, 5.41) is 3.02. The van der Waals surface area contributed by atoms with Gasteiger partial charge in [0.1, 0.15) is 0 Å². The van der Waals surface area contributed by atoms with Crippen LogP contribution in [0.2, 0.25) is 0 Å².